The quantitative estimate of drug-likeness (QED) is 0.0585. The van der Waals surface area contributed by atoms with Crippen molar-refractivity contribution in [1.82, 2.24) is 9.97 Å². The van der Waals surface area contributed by atoms with Gasteiger partial charge >= 0.3 is 20.9 Å². The van der Waals surface area contributed by atoms with Gasteiger partial charge in [0.1, 0.15) is 10.0 Å². The van der Waals surface area contributed by atoms with Gasteiger partial charge < -0.3 is 9.79 Å². The molecule has 0 aliphatic heterocycles. The minimum Gasteiger partial charge on any atom is -0.320 e. The van der Waals surface area contributed by atoms with Crippen molar-refractivity contribution in [2.45, 2.75) is 36.5 Å². The van der Waals surface area contributed by atoms with Gasteiger partial charge in [-0.2, -0.15) is 8.78 Å². The second-order valence-corrected chi connectivity index (χ2v) is 19.8. The number of benzene rings is 6. The maximum Gasteiger partial charge on any atom is 0.399 e. The summed E-state index contributed by atoms with van der Waals surface area (Å²) in [5.74, 6) is -0.575. The number of thiazole rings is 2. The zero-order chi connectivity index (χ0) is 43.9. The first-order valence-electron chi connectivity index (χ1n) is 18.9. The summed E-state index contributed by atoms with van der Waals surface area (Å²) in [6.45, 7) is 0. The molecule has 0 fully saturated rings. The number of carbonyl (C=O) groups excluding carboxylic acids is 1. The standard InChI is InChI=1S/C23H17F2N2O3PS2.C22H19F2O4P/c24-23(25,31(28,29)30)15-11-9-14(10-12-15)13-16(21-26-17-5-1-3-7-19(17)32-21)22-27-18-6-2-4-8-20(18)33-22;23-27-29(26,28-24)16-18-13-11-17(12-14-18)15-21(19-7-3-1-4-8-19)22(25)20-9-5-2-6-10-20/h1-12,16H,13H2,(H2,28,29,30);1-14,21H,15-16H2. The second kappa shape index (κ2) is 19.5. The van der Waals surface area contributed by atoms with Crippen molar-refractivity contribution in [3.63, 3.8) is 0 Å². The van der Waals surface area contributed by atoms with Crippen LogP contribution < -0.4 is 0 Å². The van der Waals surface area contributed by atoms with Crippen LogP contribution in [0.2, 0.25) is 0 Å². The maximum atomic E-state index is 14.0. The smallest absolute Gasteiger partial charge is 0.320 e. The fourth-order valence-electron chi connectivity index (χ4n) is 6.75. The van der Waals surface area contributed by atoms with Gasteiger partial charge in [-0.3, -0.25) is 13.9 Å². The third-order valence-electron chi connectivity index (χ3n) is 9.95. The van der Waals surface area contributed by atoms with Crippen LogP contribution in [0.5, 0.6) is 0 Å². The summed E-state index contributed by atoms with van der Waals surface area (Å²) in [5, 5.41) is 1.75. The minimum absolute atomic E-state index is 0.00189. The lowest BCUT2D eigenvalue weighted by Crippen LogP contribution is -2.15. The highest BCUT2D eigenvalue weighted by Gasteiger charge is 2.50. The predicted octanol–water partition coefficient (Wildman–Crippen LogP) is 12.9. The van der Waals surface area contributed by atoms with Crippen molar-refractivity contribution in [1.29, 1.82) is 0 Å². The molecule has 0 radical (unpaired) electrons. The third kappa shape index (κ3) is 10.5. The fourth-order valence-corrected chi connectivity index (χ4v) is 10.2. The molecule has 0 saturated heterocycles. The monoisotopic (exact) mass is 918 g/mol. The number of para-hydroxylation sites is 2. The van der Waals surface area contributed by atoms with Gasteiger partial charge in [0.05, 0.1) is 38.4 Å². The lowest BCUT2D eigenvalue weighted by molar-refractivity contribution is -0.0881. The molecule has 0 bridgehead atoms. The van der Waals surface area contributed by atoms with E-state index in [1.807, 2.05) is 97.1 Å². The normalized spacial score (nSPS) is 12.6. The van der Waals surface area contributed by atoms with E-state index in [0.717, 1.165) is 59.3 Å². The first-order valence-corrected chi connectivity index (χ1v) is 23.9. The Bertz CT molecular complexity index is 2710. The number of ketones is 1. The summed E-state index contributed by atoms with van der Waals surface area (Å²) >= 11 is 3.15. The van der Waals surface area contributed by atoms with Gasteiger partial charge in [-0.25, -0.2) is 9.97 Å². The number of fused-ring (bicyclic) bond motifs is 2. The van der Waals surface area contributed by atoms with Gasteiger partial charge in [-0.1, -0.05) is 133 Å². The van der Waals surface area contributed by atoms with E-state index in [4.69, 9.17) is 19.8 Å². The topological polar surface area (TPSA) is 136 Å². The molecule has 2 N–H and O–H groups in total. The molecule has 1 atom stereocenters. The Hall–Kier alpha value is -5.21. The van der Waals surface area contributed by atoms with E-state index < -0.39 is 32.6 Å². The van der Waals surface area contributed by atoms with E-state index in [9.17, 15) is 31.8 Å². The van der Waals surface area contributed by atoms with Gasteiger partial charge in [0.15, 0.2) is 5.78 Å². The zero-order valence-electron chi connectivity index (χ0n) is 32.3. The SMILES string of the molecule is O=C(c1ccccc1)C(Cc1ccc(CP(=O)(OF)OF)cc1)c1ccccc1.O=P(O)(O)C(F)(F)c1ccc(CC(c2nc3ccccc3s2)c2nc3ccccc3s2)cc1. The number of aromatic nitrogens is 2. The highest BCUT2D eigenvalue weighted by Crippen LogP contribution is 2.59. The van der Waals surface area contributed by atoms with Crippen LogP contribution in [-0.2, 0) is 43.3 Å². The fraction of sp³-hybridized carbons (Fsp3) is 0.133. The Labute approximate surface area is 361 Å². The number of carbonyl (C=O) groups is 1. The molecule has 6 aromatic carbocycles. The minimum atomic E-state index is -5.61. The highest BCUT2D eigenvalue weighted by atomic mass is 32.1. The Morgan fingerprint density at radius 2 is 1.06 bits per heavy atom. The van der Waals surface area contributed by atoms with Crippen LogP contribution in [-0.4, -0.2) is 25.5 Å². The lowest BCUT2D eigenvalue weighted by Gasteiger charge is -2.18. The summed E-state index contributed by atoms with van der Waals surface area (Å²) in [7, 11) is -10.0. The Morgan fingerprint density at radius 3 is 1.56 bits per heavy atom. The molecular weight excluding hydrogens is 883 g/mol. The van der Waals surface area contributed by atoms with Gasteiger partial charge in [0, 0.05) is 11.1 Å². The maximum absolute atomic E-state index is 14.0. The number of rotatable bonds is 15. The summed E-state index contributed by atoms with van der Waals surface area (Å²) < 4.78 is 83.7. The number of hydrogen-bond donors (Lipinski definition) is 2. The molecule has 0 aliphatic rings. The number of halogens is 4. The second-order valence-electron chi connectivity index (χ2n) is 14.2. The van der Waals surface area contributed by atoms with Crippen LogP contribution in [0.15, 0.2) is 158 Å². The molecule has 17 heteroatoms. The van der Waals surface area contributed by atoms with Crippen molar-refractivity contribution >= 4 is 64.1 Å². The molecule has 8 rings (SSSR count). The molecule has 0 amide bonds. The van der Waals surface area contributed by atoms with Crippen molar-refractivity contribution in [3.8, 4) is 0 Å². The molecule has 8 aromatic rings. The first kappa shape index (κ1) is 44.8. The molecular formula is C45H36F4N2O7P2S2. The number of Topliss-reactive ketones (excluding diaryl/α,β-unsaturated/α-hetero) is 1. The number of hydrogen-bond acceptors (Lipinski definition) is 9. The number of nitrogens with zero attached hydrogens (tertiary/aromatic N) is 2. The van der Waals surface area contributed by atoms with Gasteiger partial charge in [-0.05, 0) is 68.4 Å². The average Bonchev–Trinajstić information content (AvgIpc) is 3.93. The van der Waals surface area contributed by atoms with E-state index >= 15 is 0 Å². The summed E-state index contributed by atoms with van der Waals surface area (Å²) in [6.07, 6.45) is 0.363. The molecule has 0 aliphatic carbocycles. The summed E-state index contributed by atoms with van der Waals surface area (Å²) in [5.41, 5.74) is 0.332. The van der Waals surface area contributed by atoms with Crippen LogP contribution in [0.4, 0.5) is 17.8 Å². The van der Waals surface area contributed by atoms with Gasteiger partial charge in [0.25, 0.3) is 0 Å². The largest absolute Gasteiger partial charge is 0.399 e. The van der Waals surface area contributed by atoms with Crippen molar-refractivity contribution < 1.29 is 51.0 Å². The van der Waals surface area contributed by atoms with Crippen molar-refractivity contribution in [2.75, 3.05) is 0 Å². The van der Waals surface area contributed by atoms with Crippen LogP contribution in [0.25, 0.3) is 20.4 Å². The van der Waals surface area contributed by atoms with Crippen LogP contribution in [0, 0.1) is 0 Å². The van der Waals surface area contributed by atoms with E-state index in [-0.39, 0.29) is 17.6 Å². The zero-order valence-corrected chi connectivity index (χ0v) is 35.8. The third-order valence-corrected chi connectivity index (χ3v) is 14.4. The van der Waals surface area contributed by atoms with Crippen LogP contribution >= 0.6 is 37.9 Å². The highest BCUT2D eigenvalue weighted by molar-refractivity contribution is 7.53. The van der Waals surface area contributed by atoms with Crippen LogP contribution in [0.3, 0.4) is 0 Å². The van der Waals surface area contributed by atoms with E-state index in [1.54, 1.807) is 59.1 Å². The first-order chi connectivity index (χ1) is 29.8. The molecule has 0 saturated carbocycles. The van der Waals surface area contributed by atoms with E-state index in [2.05, 4.69) is 9.46 Å². The molecule has 1 unspecified atom stereocenters. The summed E-state index contributed by atoms with van der Waals surface area (Å²) in [6, 6.07) is 45.9. The van der Waals surface area contributed by atoms with Gasteiger partial charge in [0.2, 0.25) is 0 Å². The number of alkyl halides is 2. The molecule has 0 spiro atoms. The lowest BCUT2D eigenvalue weighted by atomic mass is 9.85. The predicted molar refractivity (Wildman–Crippen MR) is 233 cm³/mol. The Morgan fingerprint density at radius 1 is 0.613 bits per heavy atom. The molecule has 9 nitrogen and oxygen atoms in total. The molecule has 2 aromatic heterocycles. The van der Waals surface area contributed by atoms with Crippen molar-refractivity contribution in [3.05, 3.63) is 201 Å². The van der Waals surface area contributed by atoms with Crippen LogP contribution in [0.1, 0.15) is 60.0 Å². The van der Waals surface area contributed by atoms with E-state index in [0.29, 0.717) is 24.0 Å². The van der Waals surface area contributed by atoms with Gasteiger partial charge in [-0.15, -0.1) is 32.1 Å². The Kier molecular flexibility index (Phi) is 14.1. The average molecular weight is 919 g/mol. The molecule has 62 heavy (non-hydrogen) atoms. The molecule has 318 valence electrons. The van der Waals surface area contributed by atoms with Crippen molar-refractivity contribution in [2.24, 2.45) is 0 Å². The summed E-state index contributed by atoms with van der Waals surface area (Å²) in [4.78, 5) is 40.7. The van der Waals surface area contributed by atoms with E-state index in [1.165, 1.54) is 12.1 Å². The Balaban J connectivity index is 0.000000188. The molecule has 2 heterocycles.